The molecule has 9 aromatic carbocycles. The maximum Gasteiger partial charge on any atom is 0.0633 e. The number of anilines is 5. The van der Waals surface area contributed by atoms with Gasteiger partial charge in [-0.3, -0.25) is 0 Å². The first-order valence-corrected chi connectivity index (χ1v) is 24.9. The molecule has 0 saturated heterocycles. The molecule has 3 nitrogen and oxygen atoms in total. The first-order valence-electron chi connectivity index (χ1n) is 24.9. The SMILES string of the molecule is C1=CC2C(C3=CCC4C(=C3)c3cc(-c5ccccc5)ccc3N4c3ccccc3)=Cc3cccc(-c4cccc5c4c4ccccc4n5-c4ccc(N(c5ccccc5)c5ccccc5)cc4)c3C2C=C1. The van der Waals surface area contributed by atoms with Gasteiger partial charge in [0.05, 0.1) is 17.1 Å². The molecule has 2 heterocycles. The molecule has 0 spiro atoms. The summed E-state index contributed by atoms with van der Waals surface area (Å²) in [5, 5.41) is 2.53. The Bertz CT molecular complexity index is 3800. The van der Waals surface area contributed by atoms with Gasteiger partial charge in [-0.25, -0.2) is 0 Å². The second kappa shape index (κ2) is 16.9. The molecule has 0 fully saturated rings. The fourth-order valence-electron chi connectivity index (χ4n) is 12.2. The molecule has 3 aliphatic carbocycles. The number of hydrogen-bond acceptors (Lipinski definition) is 2. The zero-order valence-electron chi connectivity index (χ0n) is 39.2. The maximum absolute atomic E-state index is 2.56. The van der Waals surface area contributed by atoms with Crippen LogP contribution in [0.1, 0.15) is 29.0 Å². The van der Waals surface area contributed by atoms with Crippen molar-refractivity contribution in [3.63, 3.8) is 0 Å². The van der Waals surface area contributed by atoms with Crippen LogP contribution in [0.2, 0.25) is 0 Å². The lowest BCUT2D eigenvalue weighted by molar-refractivity contribution is 0.662. The minimum Gasteiger partial charge on any atom is -0.333 e. The Morgan fingerprint density at radius 2 is 1.07 bits per heavy atom. The normalized spacial score (nSPS) is 17.5. The van der Waals surface area contributed by atoms with Gasteiger partial charge in [0.2, 0.25) is 0 Å². The molecule has 0 saturated carbocycles. The van der Waals surface area contributed by atoms with Crippen LogP contribution < -0.4 is 9.80 Å². The van der Waals surface area contributed by atoms with E-state index in [1.165, 1.54) is 88.8 Å². The second-order valence-electron chi connectivity index (χ2n) is 19.1. The maximum atomic E-state index is 2.56. The summed E-state index contributed by atoms with van der Waals surface area (Å²) in [5.41, 5.74) is 22.6. The van der Waals surface area contributed by atoms with Gasteiger partial charge in [0.15, 0.2) is 0 Å². The highest BCUT2D eigenvalue weighted by Gasteiger charge is 2.39. The van der Waals surface area contributed by atoms with Gasteiger partial charge in [-0.15, -0.1) is 0 Å². The first-order chi connectivity index (χ1) is 35.2. The van der Waals surface area contributed by atoms with Gasteiger partial charge in [-0.05, 0) is 148 Å². The van der Waals surface area contributed by atoms with Crippen LogP contribution in [-0.2, 0) is 0 Å². The van der Waals surface area contributed by atoms with Crippen molar-refractivity contribution in [2.45, 2.75) is 18.4 Å². The molecule has 0 amide bonds. The molecule has 0 bridgehead atoms. The van der Waals surface area contributed by atoms with Crippen LogP contribution in [0.15, 0.2) is 272 Å². The molecule has 71 heavy (non-hydrogen) atoms. The van der Waals surface area contributed by atoms with Gasteiger partial charge in [0.1, 0.15) is 0 Å². The summed E-state index contributed by atoms with van der Waals surface area (Å²) in [4.78, 5) is 4.88. The number of para-hydroxylation sites is 4. The monoisotopic (exact) mass is 907 g/mol. The smallest absolute Gasteiger partial charge is 0.0633 e. The highest BCUT2D eigenvalue weighted by atomic mass is 15.2. The van der Waals surface area contributed by atoms with Crippen molar-refractivity contribution < 1.29 is 0 Å². The van der Waals surface area contributed by atoms with Crippen molar-refractivity contribution in [2.24, 2.45) is 5.92 Å². The van der Waals surface area contributed by atoms with E-state index in [4.69, 9.17) is 0 Å². The van der Waals surface area contributed by atoms with Crippen LogP contribution in [-0.4, -0.2) is 10.6 Å². The average molecular weight is 908 g/mol. The van der Waals surface area contributed by atoms with E-state index in [0.717, 1.165) is 29.2 Å². The van der Waals surface area contributed by atoms with Crippen LogP contribution in [0.5, 0.6) is 0 Å². The third kappa shape index (κ3) is 6.80. The quantitative estimate of drug-likeness (QED) is 0.150. The Balaban J connectivity index is 0.877. The van der Waals surface area contributed by atoms with Crippen LogP contribution in [0.4, 0.5) is 28.4 Å². The second-order valence-corrected chi connectivity index (χ2v) is 19.1. The lowest BCUT2D eigenvalue weighted by Crippen LogP contribution is -2.28. The molecule has 4 aliphatic rings. The molecule has 1 aromatic heterocycles. The molecule has 0 radical (unpaired) electrons. The van der Waals surface area contributed by atoms with Crippen LogP contribution in [0.3, 0.4) is 0 Å². The third-order valence-corrected chi connectivity index (χ3v) is 15.2. The van der Waals surface area contributed by atoms with Crippen molar-refractivity contribution in [1.29, 1.82) is 0 Å². The Morgan fingerprint density at radius 1 is 0.437 bits per heavy atom. The molecule has 3 heteroatoms. The van der Waals surface area contributed by atoms with Crippen molar-refractivity contribution >= 4 is 61.9 Å². The van der Waals surface area contributed by atoms with E-state index in [9.17, 15) is 0 Å². The Kier molecular flexibility index (Phi) is 9.80. The minimum atomic E-state index is 0.179. The largest absolute Gasteiger partial charge is 0.333 e. The van der Waals surface area contributed by atoms with Crippen molar-refractivity contribution in [2.75, 3.05) is 9.80 Å². The van der Waals surface area contributed by atoms with E-state index >= 15 is 0 Å². The summed E-state index contributed by atoms with van der Waals surface area (Å²) >= 11 is 0. The van der Waals surface area contributed by atoms with Crippen LogP contribution in [0.25, 0.3) is 61.4 Å². The molecule has 14 rings (SSSR count). The van der Waals surface area contributed by atoms with E-state index in [0.29, 0.717) is 0 Å². The predicted octanol–water partition coefficient (Wildman–Crippen LogP) is 17.7. The van der Waals surface area contributed by atoms with E-state index in [1.807, 2.05) is 0 Å². The number of benzene rings is 9. The van der Waals surface area contributed by atoms with Crippen molar-refractivity contribution in [3.05, 3.63) is 289 Å². The van der Waals surface area contributed by atoms with Gasteiger partial charge in [0.25, 0.3) is 0 Å². The molecule has 336 valence electrons. The summed E-state index contributed by atoms with van der Waals surface area (Å²) < 4.78 is 2.45. The fourth-order valence-corrected chi connectivity index (χ4v) is 12.2. The number of rotatable bonds is 8. The lowest BCUT2D eigenvalue weighted by atomic mass is 9.68. The van der Waals surface area contributed by atoms with Crippen molar-refractivity contribution in [1.82, 2.24) is 4.57 Å². The summed E-state index contributed by atoms with van der Waals surface area (Å²) in [6.45, 7) is 0. The number of fused-ring (bicyclic) bond motifs is 9. The van der Waals surface area contributed by atoms with E-state index in [-0.39, 0.29) is 17.9 Å². The Hall–Kier alpha value is -8.92. The Morgan fingerprint density at radius 3 is 1.83 bits per heavy atom. The molecule has 10 aromatic rings. The predicted molar refractivity (Wildman–Crippen MR) is 298 cm³/mol. The van der Waals surface area contributed by atoms with Crippen LogP contribution in [0, 0.1) is 5.92 Å². The van der Waals surface area contributed by atoms with Gasteiger partial charge in [-0.2, -0.15) is 0 Å². The molecule has 3 unspecified atom stereocenters. The van der Waals surface area contributed by atoms with Gasteiger partial charge in [-0.1, -0.05) is 176 Å². The van der Waals surface area contributed by atoms with Crippen LogP contribution >= 0.6 is 0 Å². The molecule has 0 N–H and O–H groups in total. The van der Waals surface area contributed by atoms with Gasteiger partial charge >= 0.3 is 0 Å². The number of aromatic nitrogens is 1. The highest BCUT2D eigenvalue weighted by molar-refractivity contribution is 6.16. The van der Waals surface area contributed by atoms with Gasteiger partial charge in [0, 0.05) is 62.3 Å². The molecular weight excluding hydrogens is 859 g/mol. The van der Waals surface area contributed by atoms with E-state index < -0.39 is 0 Å². The number of allylic oxidation sites excluding steroid dienone is 7. The summed E-state index contributed by atoms with van der Waals surface area (Å²) in [6, 6.07) is 82.1. The summed E-state index contributed by atoms with van der Waals surface area (Å²) in [5.74, 6) is 0.373. The molecule has 3 atom stereocenters. The summed E-state index contributed by atoms with van der Waals surface area (Å²) in [6.07, 6.45) is 17.9. The number of nitrogens with zero attached hydrogens (tertiary/aromatic N) is 3. The zero-order chi connectivity index (χ0) is 46.8. The standard InChI is InChI=1S/C68H49N3/c1-5-19-46(20-6-1)47-35-41-64-61(43-47)62-44-48(36-42-65(62)70(64)52-26-11-4-12-27-52)60-45-49-21-17-31-57(67(49)56-29-14-13-28-55(56)60)58-32-18-34-66-68(58)59-30-15-16-33-63(59)71(66)54-39-37-53(38-40-54)69(50-22-7-2-8-23-50)51-24-9-3-10-25-51/h1-41,43-45,55-56,65H,42H2. The van der Waals surface area contributed by atoms with Crippen molar-refractivity contribution in [3.8, 4) is 27.9 Å². The zero-order valence-corrected chi connectivity index (χ0v) is 39.2. The van der Waals surface area contributed by atoms with E-state index in [1.54, 1.807) is 0 Å². The Labute approximate surface area is 415 Å². The highest BCUT2D eigenvalue weighted by Crippen LogP contribution is 2.54. The fraction of sp³-hybridized carbons (Fsp3) is 0.0588. The topological polar surface area (TPSA) is 11.4 Å². The third-order valence-electron chi connectivity index (χ3n) is 15.2. The van der Waals surface area contributed by atoms with Gasteiger partial charge < -0.3 is 14.4 Å². The average Bonchev–Trinajstić information content (AvgIpc) is 3.96. The molecular formula is C68H49N3. The number of hydrogen-bond donors (Lipinski definition) is 0. The summed E-state index contributed by atoms with van der Waals surface area (Å²) in [7, 11) is 0. The minimum absolute atomic E-state index is 0.179. The first kappa shape index (κ1) is 41.1. The molecule has 1 aliphatic heterocycles. The lowest BCUT2D eigenvalue weighted by Gasteiger charge is -2.36. The van der Waals surface area contributed by atoms with E-state index in [2.05, 4.69) is 281 Å².